The van der Waals surface area contributed by atoms with Gasteiger partial charge >= 0.3 is 5.97 Å². The van der Waals surface area contributed by atoms with Gasteiger partial charge in [0.15, 0.2) is 5.78 Å². The van der Waals surface area contributed by atoms with E-state index < -0.39 is 0 Å². The summed E-state index contributed by atoms with van der Waals surface area (Å²) in [5.74, 6) is -0.363. The van der Waals surface area contributed by atoms with Crippen LogP contribution in [0.1, 0.15) is 44.2 Å². The molecule has 1 aliphatic rings. The van der Waals surface area contributed by atoms with E-state index in [0.29, 0.717) is 5.56 Å². The second-order valence-corrected chi connectivity index (χ2v) is 6.29. The number of ketones is 1. The third-order valence-corrected chi connectivity index (χ3v) is 4.58. The summed E-state index contributed by atoms with van der Waals surface area (Å²) in [5, 5.41) is 0. The minimum absolute atomic E-state index is 0.145. The molecule has 0 saturated carbocycles. The third kappa shape index (κ3) is 2.71. The summed E-state index contributed by atoms with van der Waals surface area (Å²) < 4.78 is 5.61. The van der Waals surface area contributed by atoms with Crippen LogP contribution in [0.4, 0.5) is 0 Å². The fraction of sp³-hybridized carbons (Fsp3) is 0.222. The molecule has 1 unspecified atom stereocenters. The number of carbonyl (C=O) groups is 2. The van der Waals surface area contributed by atoms with Crippen molar-refractivity contribution in [2.75, 3.05) is 7.11 Å². The monoisotopic (exact) mass is 358 g/mol. The first-order chi connectivity index (χ1) is 10.6. The number of hydrogen-bond acceptors (Lipinski definition) is 3. The van der Waals surface area contributed by atoms with Gasteiger partial charge in [-0.2, -0.15) is 0 Å². The average Bonchev–Trinajstić information content (AvgIpc) is 2.55. The summed E-state index contributed by atoms with van der Waals surface area (Å²) in [7, 11) is 1.36. The maximum Gasteiger partial charge on any atom is 0.337 e. The van der Waals surface area contributed by atoms with Gasteiger partial charge in [-0.15, -0.1) is 0 Å². The van der Waals surface area contributed by atoms with Crippen LogP contribution in [0, 0.1) is 0 Å². The summed E-state index contributed by atoms with van der Waals surface area (Å²) in [6.45, 7) is 0. The zero-order valence-corrected chi connectivity index (χ0v) is 13.7. The summed E-state index contributed by atoms with van der Waals surface area (Å²) >= 11 is 3.42. The van der Waals surface area contributed by atoms with Gasteiger partial charge in [-0.1, -0.05) is 34.1 Å². The van der Waals surface area contributed by atoms with Gasteiger partial charge in [-0.05, 0) is 48.2 Å². The molecule has 0 bridgehead atoms. The number of ether oxygens (including phenoxy) is 1. The van der Waals surface area contributed by atoms with Crippen molar-refractivity contribution in [2.24, 2.45) is 0 Å². The zero-order valence-electron chi connectivity index (χ0n) is 12.1. The zero-order chi connectivity index (χ0) is 15.7. The molecule has 112 valence electrons. The van der Waals surface area contributed by atoms with Crippen LogP contribution in [0.25, 0.3) is 0 Å². The Balaban J connectivity index is 1.90. The smallest absolute Gasteiger partial charge is 0.337 e. The number of carbonyl (C=O) groups excluding carboxylic acids is 2. The first-order valence-electron chi connectivity index (χ1n) is 7.11. The highest BCUT2D eigenvalue weighted by Gasteiger charge is 2.28. The normalized spacial score (nSPS) is 17.0. The van der Waals surface area contributed by atoms with Crippen LogP contribution in [0.3, 0.4) is 0 Å². The van der Waals surface area contributed by atoms with Gasteiger partial charge < -0.3 is 4.74 Å². The van der Waals surface area contributed by atoms with Gasteiger partial charge in [0.05, 0.1) is 12.7 Å². The van der Waals surface area contributed by atoms with Crippen LogP contribution in [-0.4, -0.2) is 18.9 Å². The number of methoxy groups -OCH3 is 1. The molecule has 0 heterocycles. The van der Waals surface area contributed by atoms with Gasteiger partial charge in [-0.25, -0.2) is 4.79 Å². The molecule has 0 N–H and O–H groups in total. The number of Topliss-reactive ketones (excluding diaryl/α,β-unsaturated/α-hetero) is 1. The second-order valence-electron chi connectivity index (χ2n) is 5.37. The van der Waals surface area contributed by atoms with Crippen molar-refractivity contribution in [3.63, 3.8) is 0 Å². The van der Waals surface area contributed by atoms with E-state index in [4.69, 9.17) is 4.74 Å². The van der Waals surface area contributed by atoms with Crippen LogP contribution in [0.5, 0.6) is 0 Å². The van der Waals surface area contributed by atoms with Crippen molar-refractivity contribution in [1.82, 2.24) is 0 Å². The number of rotatable bonds is 2. The molecular formula is C18H15BrO3. The van der Waals surface area contributed by atoms with Crippen LogP contribution in [0.15, 0.2) is 46.9 Å². The molecular weight excluding hydrogens is 344 g/mol. The number of benzene rings is 2. The predicted octanol–water partition coefficient (Wildman–Crippen LogP) is 4.15. The first kappa shape index (κ1) is 15.0. The quantitative estimate of drug-likeness (QED) is 0.757. The summed E-state index contributed by atoms with van der Waals surface area (Å²) in [6, 6.07) is 13.0. The lowest BCUT2D eigenvalue weighted by atomic mass is 9.79. The fourth-order valence-electron chi connectivity index (χ4n) is 2.90. The number of fused-ring (bicyclic) bond motifs is 1. The predicted molar refractivity (Wildman–Crippen MR) is 87.3 cm³/mol. The van der Waals surface area contributed by atoms with E-state index in [-0.39, 0.29) is 17.7 Å². The average molecular weight is 359 g/mol. The lowest BCUT2D eigenvalue weighted by Crippen LogP contribution is -2.21. The van der Waals surface area contributed by atoms with Gasteiger partial charge in [0, 0.05) is 16.0 Å². The van der Waals surface area contributed by atoms with Gasteiger partial charge in [-0.3, -0.25) is 4.79 Å². The first-order valence-corrected chi connectivity index (χ1v) is 7.90. The highest BCUT2D eigenvalue weighted by atomic mass is 79.9. The maximum atomic E-state index is 12.7. The standard InChI is InChI=1S/C18H15BrO3/c1-22-18(21)13-4-2-11(3-5-13)15-9-7-12-6-8-14(19)10-16(12)17(15)20/h2-6,8,10,15H,7,9H2,1H3. The van der Waals surface area contributed by atoms with E-state index >= 15 is 0 Å². The highest BCUT2D eigenvalue weighted by molar-refractivity contribution is 9.10. The van der Waals surface area contributed by atoms with Gasteiger partial charge in [0.25, 0.3) is 0 Å². The molecule has 0 amide bonds. The van der Waals surface area contributed by atoms with Gasteiger partial charge in [0.1, 0.15) is 0 Å². The molecule has 3 rings (SSSR count). The van der Waals surface area contributed by atoms with E-state index in [2.05, 4.69) is 15.9 Å². The van der Waals surface area contributed by atoms with Crippen molar-refractivity contribution >= 4 is 27.7 Å². The fourth-order valence-corrected chi connectivity index (χ4v) is 3.26. The molecule has 0 aromatic heterocycles. The minimum Gasteiger partial charge on any atom is -0.465 e. The topological polar surface area (TPSA) is 43.4 Å². The van der Waals surface area contributed by atoms with E-state index in [1.54, 1.807) is 12.1 Å². The van der Waals surface area contributed by atoms with Crippen LogP contribution < -0.4 is 0 Å². The molecule has 0 radical (unpaired) electrons. The van der Waals surface area contributed by atoms with Crippen LogP contribution >= 0.6 is 15.9 Å². The molecule has 3 nitrogen and oxygen atoms in total. The second kappa shape index (κ2) is 6.05. The molecule has 2 aromatic rings. The third-order valence-electron chi connectivity index (χ3n) is 4.09. The molecule has 1 atom stereocenters. The number of halogens is 1. The number of hydrogen-bond donors (Lipinski definition) is 0. The Morgan fingerprint density at radius 2 is 1.91 bits per heavy atom. The van der Waals surface area contributed by atoms with Crippen molar-refractivity contribution in [3.05, 3.63) is 69.2 Å². The minimum atomic E-state index is -0.365. The lowest BCUT2D eigenvalue weighted by molar-refractivity contribution is 0.0600. The Bertz CT molecular complexity index is 734. The van der Waals surface area contributed by atoms with Crippen molar-refractivity contribution < 1.29 is 14.3 Å². The number of aryl methyl sites for hydroxylation is 1. The number of esters is 1. The van der Waals surface area contributed by atoms with Crippen LogP contribution in [0.2, 0.25) is 0 Å². The van der Waals surface area contributed by atoms with Crippen molar-refractivity contribution in [1.29, 1.82) is 0 Å². The van der Waals surface area contributed by atoms with E-state index in [0.717, 1.165) is 34.0 Å². The molecule has 2 aromatic carbocycles. The Labute approximate surface area is 137 Å². The van der Waals surface area contributed by atoms with Crippen molar-refractivity contribution in [2.45, 2.75) is 18.8 Å². The molecule has 0 fully saturated rings. The molecule has 22 heavy (non-hydrogen) atoms. The molecule has 0 spiro atoms. The Morgan fingerprint density at radius 3 is 2.59 bits per heavy atom. The van der Waals surface area contributed by atoms with E-state index in [9.17, 15) is 9.59 Å². The Morgan fingerprint density at radius 1 is 1.18 bits per heavy atom. The summed E-state index contributed by atoms with van der Waals surface area (Å²) in [6.07, 6.45) is 1.68. The summed E-state index contributed by atoms with van der Waals surface area (Å²) in [4.78, 5) is 24.2. The molecule has 0 saturated heterocycles. The molecule has 0 aliphatic heterocycles. The Kier molecular flexibility index (Phi) is 4.12. The van der Waals surface area contributed by atoms with E-state index in [1.165, 1.54) is 7.11 Å². The summed E-state index contributed by atoms with van der Waals surface area (Å²) in [5.41, 5.74) is 3.35. The molecule has 1 aliphatic carbocycles. The lowest BCUT2D eigenvalue weighted by Gasteiger charge is -2.24. The van der Waals surface area contributed by atoms with E-state index in [1.807, 2.05) is 30.3 Å². The van der Waals surface area contributed by atoms with Gasteiger partial charge in [0.2, 0.25) is 0 Å². The maximum absolute atomic E-state index is 12.7. The largest absolute Gasteiger partial charge is 0.465 e. The highest BCUT2D eigenvalue weighted by Crippen LogP contribution is 2.34. The Hall–Kier alpha value is -1.94. The SMILES string of the molecule is COC(=O)c1ccc(C2CCc3ccc(Br)cc3C2=O)cc1. The van der Waals surface area contributed by atoms with Crippen molar-refractivity contribution in [3.8, 4) is 0 Å². The molecule has 4 heteroatoms. The van der Waals surface area contributed by atoms with Crippen LogP contribution in [-0.2, 0) is 11.2 Å².